The first-order valence-corrected chi connectivity index (χ1v) is 11.3. The summed E-state index contributed by atoms with van der Waals surface area (Å²) in [6.07, 6.45) is 0.204. The Morgan fingerprint density at radius 3 is 1.76 bits per heavy atom. The molecule has 0 aliphatic heterocycles. The molecular formula is C22H34N4O6S. The Kier molecular flexibility index (Phi) is 11.2. The third-order valence-corrected chi connectivity index (χ3v) is 5.38. The predicted molar refractivity (Wildman–Crippen MR) is 127 cm³/mol. The van der Waals surface area contributed by atoms with Gasteiger partial charge >= 0.3 is 5.97 Å². The minimum Gasteiger partial charge on any atom is -0.508 e. The molecule has 0 aromatic heterocycles. The van der Waals surface area contributed by atoms with Gasteiger partial charge in [0.2, 0.25) is 17.7 Å². The minimum atomic E-state index is -1.23. The Bertz CT molecular complexity index is 831. The predicted octanol–water partition coefficient (Wildman–Crippen LogP) is 0.0428. The molecule has 1 aromatic carbocycles. The fraction of sp³-hybridized carbons (Fsp3) is 0.545. The van der Waals surface area contributed by atoms with Gasteiger partial charge in [-0.05, 0) is 36.0 Å². The monoisotopic (exact) mass is 482 g/mol. The average Bonchev–Trinajstić information content (AvgIpc) is 2.74. The van der Waals surface area contributed by atoms with Crippen LogP contribution in [0.25, 0.3) is 0 Å². The van der Waals surface area contributed by atoms with E-state index in [1.165, 1.54) is 12.1 Å². The van der Waals surface area contributed by atoms with Gasteiger partial charge in [0.05, 0.1) is 6.04 Å². The van der Waals surface area contributed by atoms with E-state index in [9.17, 15) is 24.3 Å². The maximum absolute atomic E-state index is 12.9. The quantitative estimate of drug-likeness (QED) is 0.206. The topological polar surface area (TPSA) is 171 Å². The summed E-state index contributed by atoms with van der Waals surface area (Å²) in [6, 6.07) is 2.18. The van der Waals surface area contributed by atoms with Crippen LogP contribution in [0, 0.1) is 11.8 Å². The highest BCUT2D eigenvalue weighted by Crippen LogP contribution is 2.12. The summed E-state index contributed by atoms with van der Waals surface area (Å²) >= 11 is 3.92. The molecule has 0 fully saturated rings. The van der Waals surface area contributed by atoms with E-state index in [0.29, 0.717) is 0 Å². The van der Waals surface area contributed by atoms with Crippen LogP contribution in [-0.4, -0.2) is 63.8 Å². The zero-order chi connectivity index (χ0) is 25.3. The van der Waals surface area contributed by atoms with Crippen molar-refractivity contribution in [3.8, 4) is 5.75 Å². The van der Waals surface area contributed by atoms with E-state index in [2.05, 4.69) is 28.6 Å². The summed E-state index contributed by atoms with van der Waals surface area (Å²) in [5, 5.41) is 26.1. The van der Waals surface area contributed by atoms with Crippen LogP contribution in [0.3, 0.4) is 0 Å². The highest BCUT2D eigenvalue weighted by atomic mass is 32.1. The van der Waals surface area contributed by atoms with Crippen LogP contribution >= 0.6 is 12.6 Å². The van der Waals surface area contributed by atoms with E-state index in [1.807, 2.05) is 0 Å². The first-order valence-electron chi connectivity index (χ1n) is 10.7. The zero-order valence-electron chi connectivity index (χ0n) is 19.2. The van der Waals surface area contributed by atoms with Crippen molar-refractivity contribution in [3.63, 3.8) is 0 Å². The van der Waals surface area contributed by atoms with Crippen LogP contribution in [-0.2, 0) is 25.6 Å². The largest absolute Gasteiger partial charge is 0.508 e. The fourth-order valence-electron chi connectivity index (χ4n) is 3.00. The molecule has 1 rings (SSSR count). The van der Waals surface area contributed by atoms with Crippen molar-refractivity contribution in [1.82, 2.24) is 16.0 Å². The van der Waals surface area contributed by atoms with Gasteiger partial charge in [0, 0.05) is 5.75 Å². The molecule has 4 atom stereocenters. The lowest BCUT2D eigenvalue weighted by molar-refractivity contribution is -0.142. The molecule has 184 valence electrons. The van der Waals surface area contributed by atoms with Crippen LogP contribution in [0.5, 0.6) is 5.75 Å². The molecule has 0 saturated carbocycles. The second-order valence-corrected chi connectivity index (χ2v) is 8.88. The number of nitrogens with one attached hydrogen (secondary N) is 3. The number of hydrogen-bond acceptors (Lipinski definition) is 7. The summed E-state index contributed by atoms with van der Waals surface area (Å²) in [5.74, 6) is -3.67. The Labute approximate surface area is 199 Å². The molecule has 0 heterocycles. The standard InChI is InChI=1S/C22H34N4O6S/c1-11(2)17(20(29)24-16(10-33)22(31)32)26-21(30)18(12(3)4)25-19(28)15(23)9-13-5-7-14(27)8-6-13/h5-8,11-12,15-18,27,33H,9-10,23H2,1-4H3,(H,24,29)(H,25,28)(H,26,30)(H,31,32). The summed E-state index contributed by atoms with van der Waals surface area (Å²) < 4.78 is 0. The van der Waals surface area contributed by atoms with Gasteiger partial charge in [-0.15, -0.1) is 0 Å². The summed E-state index contributed by atoms with van der Waals surface area (Å²) in [7, 11) is 0. The summed E-state index contributed by atoms with van der Waals surface area (Å²) in [4.78, 5) is 49.4. The van der Waals surface area contributed by atoms with Gasteiger partial charge in [-0.3, -0.25) is 14.4 Å². The maximum Gasteiger partial charge on any atom is 0.327 e. The molecule has 7 N–H and O–H groups in total. The number of benzene rings is 1. The normalized spacial score (nSPS) is 14.8. The lowest BCUT2D eigenvalue weighted by Crippen LogP contribution is -2.59. The first-order chi connectivity index (χ1) is 15.4. The van der Waals surface area contributed by atoms with Crippen LogP contribution in [0.4, 0.5) is 0 Å². The number of amides is 3. The van der Waals surface area contributed by atoms with Crippen LogP contribution < -0.4 is 21.7 Å². The van der Waals surface area contributed by atoms with Gasteiger partial charge in [-0.2, -0.15) is 12.6 Å². The molecule has 4 unspecified atom stereocenters. The maximum atomic E-state index is 12.9. The smallest absolute Gasteiger partial charge is 0.327 e. The zero-order valence-corrected chi connectivity index (χ0v) is 20.1. The average molecular weight is 483 g/mol. The SMILES string of the molecule is CC(C)C(NC(=O)C(N)Cc1ccc(O)cc1)C(=O)NC(C(=O)NC(CS)C(=O)O)C(C)C. The van der Waals surface area contributed by atoms with Gasteiger partial charge in [-0.1, -0.05) is 39.8 Å². The van der Waals surface area contributed by atoms with Crippen LogP contribution in [0.2, 0.25) is 0 Å². The number of carboxylic acids is 1. The van der Waals surface area contributed by atoms with Gasteiger partial charge in [0.25, 0.3) is 0 Å². The van der Waals surface area contributed by atoms with Gasteiger partial charge in [0.1, 0.15) is 23.9 Å². The number of rotatable bonds is 12. The number of nitrogens with two attached hydrogens (primary N) is 1. The van der Waals surface area contributed by atoms with E-state index in [4.69, 9.17) is 10.8 Å². The van der Waals surface area contributed by atoms with E-state index >= 15 is 0 Å². The fourth-order valence-corrected chi connectivity index (χ4v) is 3.25. The van der Waals surface area contributed by atoms with Crippen molar-refractivity contribution >= 4 is 36.3 Å². The van der Waals surface area contributed by atoms with Crippen molar-refractivity contribution in [3.05, 3.63) is 29.8 Å². The Morgan fingerprint density at radius 2 is 1.33 bits per heavy atom. The first kappa shape index (κ1) is 28.2. The second kappa shape index (κ2) is 13.0. The molecule has 1 aromatic rings. The molecule has 3 amide bonds. The van der Waals surface area contributed by atoms with Crippen molar-refractivity contribution in [2.75, 3.05) is 5.75 Å². The van der Waals surface area contributed by atoms with E-state index in [1.54, 1.807) is 39.8 Å². The third-order valence-electron chi connectivity index (χ3n) is 5.02. The van der Waals surface area contributed by atoms with E-state index in [0.717, 1.165) is 5.56 Å². The second-order valence-electron chi connectivity index (χ2n) is 8.52. The summed E-state index contributed by atoms with van der Waals surface area (Å²) in [6.45, 7) is 6.89. The minimum absolute atomic E-state index is 0.0982. The number of hydrogen-bond donors (Lipinski definition) is 7. The highest BCUT2D eigenvalue weighted by molar-refractivity contribution is 7.80. The van der Waals surface area contributed by atoms with Gasteiger partial charge < -0.3 is 31.9 Å². The third kappa shape index (κ3) is 8.93. The number of carbonyl (C=O) groups excluding carboxylic acids is 3. The highest BCUT2D eigenvalue weighted by Gasteiger charge is 2.32. The van der Waals surface area contributed by atoms with Crippen molar-refractivity contribution in [2.24, 2.45) is 17.6 Å². The molecule has 10 nitrogen and oxygen atoms in total. The molecule has 0 radical (unpaired) electrons. The molecule has 0 spiro atoms. The summed E-state index contributed by atoms with van der Waals surface area (Å²) in [5.41, 5.74) is 6.74. The lowest BCUT2D eigenvalue weighted by atomic mass is 9.98. The van der Waals surface area contributed by atoms with Crippen molar-refractivity contribution < 1.29 is 29.4 Å². The van der Waals surface area contributed by atoms with E-state index in [-0.39, 0.29) is 29.8 Å². The van der Waals surface area contributed by atoms with Crippen molar-refractivity contribution in [1.29, 1.82) is 0 Å². The van der Waals surface area contributed by atoms with Gasteiger partial charge in [0.15, 0.2) is 0 Å². The number of carbonyl (C=O) groups is 4. The number of carboxylic acid groups (broad SMARTS) is 1. The number of aromatic hydroxyl groups is 1. The van der Waals surface area contributed by atoms with Crippen LogP contribution in [0.1, 0.15) is 33.3 Å². The Morgan fingerprint density at radius 1 is 0.879 bits per heavy atom. The molecule has 0 aliphatic carbocycles. The molecule has 0 saturated heterocycles. The Hall–Kier alpha value is -2.79. The number of thiol groups is 1. The Balaban J connectivity index is 2.86. The number of aliphatic carboxylic acids is 1. The van der Waals surface area contributed by atoms with E-state index < -0.39 is 47.9 Å². The van der Waals surface area contributed by atoms with Crippen LogP contribution in [0.15, 0.2) is 24.3 Å². The molecule has 0 bridgehead atoms. The molecule has 11 heteroatoms. The van der Waals surface area contributed by atoms with Gasteiger partial charge in [-0.25, -0.2) is 4.79 Å². The molecular weight excluding hydrogens is 448 g/mol. The van der Waals surface area contributed by atoms with Crippen molar-refractivity contribution in [2.45, 2.75) is 58.3 Å². The number of phenolic OH excluding ortho intramolecular Hbond substituents is 1. The molecule has 33 heavy (non-hydrogen) atoms. The number of phenols is 1. The molecule has 0 aliphatic rings. The lowest BCUT2D eigenvalue weighted by Gasteiger charge is -2.28.